The molecule has 0 N–H and O–H groups in total. The van der Waals surface area contributed by atoms with E-state index >= 15 is 0 Å². The van der Waals surface area contributed by atoms with Crippen molar-refractivity contribution < 1.29 is 0 Å². The van der Waals surface area contributed by atoms with E-state index in [4.69, 9.17) is 16.6 Å². The van der Waals surface area contributed by atoms with Crippen LogP contribution < -0.4 is 0 Å². The van der Waals surface area contributed by atoms with Crippen LogP contribution in [-0.2, 0) is 25.8 Å². The van der Waals surface area contributed by atoms with Gasteiger partial charge in [-0.1, -0.05) is 59.8 Å². The Balaban J connectivity index is 1.41. The molecule has 5 aromatic rings. The average molecular weight is 466 g/mol. The maximum absolute atomic E-state index is 6.22. The molecule has 31 heavy (non-hydrogen) atoms. The van der Waals surface area contributed by atoms with Gasteiger partial charge in [0.2, 0.25) is 0 Å². The van der Waals surface area contributed by atoms with Crippen LogP contribution in [0.15, 0.2) is 71.2 Å². The predicted octanol–water partition coefficient (Wildman–Crippen LogP) is 5.81. The second-order valence-electron chi connectivity index (χ2n) is 7.24. The number of halogens is 1. The number of thiophene rings is 1. The summed E-state index contributed by atoms with van der Waals surface area (Å²) in [6.45, 7) is 0.761. The molecule has 0 fully saturated rings. The summed E-state index contributed by atoms with van der Waals surface area (Å²) in [4.78, 5) is 6.17. The molecule has 0 amide bonds. The summed E-state index contributed by atoms with van der Waals surface area (Å²) in [5, 5.41) is 12.5. The number of benzene rings is 2. The van der Waals surface area contributed by atoms with E-state index in [0.717, 1.165) is 40.8 Å². The topological polar surface area (TPSA) is 48.5 Å². The third-order valence-corrected chi connectivity index (χ3v) is 7.27. The van der Waals surface area contributed by atoms with Crippen molar-refractivity contribution in [1.29, 1.82) is 0 Å². The van der Waals surface area contributed by atoms with Gasteiger partial charge in [-0.05, 0) is 35.2 Å². The first-order valence-corrected chi connectivity index (χ1v) is 12.1. The summed E-state index contributed by atoms with van der Waals surface area (Å²) in [7, 11) is 2.03. The van der Waals surface area contributed by atoms with Crippen molar-refractivity contribution in [3.8, 4) is 0 Å². The van der Waals surface area contributed by atoms with E-state index in [2.05, 4.69) is 61.1 Å². The molecule has 0 saturated heterocycles. The zero-order valence-corrected chi connectivity index (χ0v) is 19.3. The van der Waals surface area contributed by atoms with Gasteiger partial charge in [0.1, 0.15) is 11.6 Å². The van der Waals surface area contributed by atoms with Gasteiger partial charge < -0.3 is 9.13 Å². The van der Waals surface area contributed by atoms with E-state index in [1.807, 2.05) is 31.3 Å². The monoisotopic (exact) mass is 465 g/mol. The number of rotatable bonds is 7. The lowest BCUT2D eigenvalue weighted by atomic mass is 10.2. The van der Waals surface area contributed by atoms with E-state index in [0.29, 0.717) is 10.8 Å². The first-order valence-electron chi connectivity index (χ1n) is 9.89. The van der Waals surface area contributed by atoms with Crippen molar-refractivity contribution in [3.05, 3.63) is 93.2 Å². The molecule has 2 aromatic carbocycles. The molecule has 156 valence electrons. The predicted molar refractivity (Wildman–Crippen MR) is 128 cm³/mol. The molecule has 0 spiro atoms. The quantitative estimate of drug-likeness (QED) is 0.284. The standard InChI is InChI=1S/C23H20ClN5S2/c1-28-21(13-18-8-5-11-30-18)26-27-23(28)31-15-22-25-19-12-17(24)9-10-20(19)29(22)14-16-6-3-2-4-7-16/h2-12H,13-15H2,1H3. The number of hydrogen-bond acceptors (Lipinski definition) is 5. The van der Waals surface area contributed by atoms with Gasteiger partial charge in [0, 0.05) is 29.9 Å². The summed E-state index contributed by atoms with van der Waals surface area (Å²) >= 11 is 9.61. The highest BCUT2D eigenvalue weighted by molar-refractivity contribution is 7.98. The maximum atomic E-state index is 6.22. The fraction of sp³-hybridized carbons (Fsp3) is 0.174. The normalized spacial score (nSPS) is 11.4. The minimum Gasteiger partial charge on any atom is -0.323 e. The van der Waals surface area contributed by atoms with Crippen LogP contribution in [0.5, 0.6) is 0 Å². The van der Waals surface area contributed by atoms with E-state index in [1.54, 1.807) is 23.1 Å². The largest absolute Gasteiger partial charge is 0.323 e. The van der Waals surface area contributed by atoms with Crippen molar-refractivity contribution in [3.63, 3.8) is 0 Å². The molecule has 0 aliphatic heterocycles. The van der Waals surface area contributed by atoms with Gasteiger partial charge in [0.25, 0.3) is 0 Å². The van der Waals surface area contributed by atoms with Crippen LogP contribution >= 0.6 is 34.7 Å². The number of nitrogens with zero attached hydrogens (tertiary/aromatic N) is 5. The second kappa shape index (κ2) is 8.86. The summed E-state index contributed by atoms with van der Waals surface area (Å²) in [6, 6.07) is 20.5. The Morgan fingerprint density at radius 1 is 1.00 bits per heavy atom. The first-order chi connectivity index (χ1) is 15.2. The lowest BCUT2D eigenvalue weighted by Gasteiger charge is -2.09. The average Bonchev–Trinajstić information content (AvgIpc) is 3.49. The molecule has 3 aromatic heterocycles. The van der Waals surface area contributed by atoms with Crippen molar-refractivity contribution in [2.45, 2.75) is 23.9 Å². The summed E-state index contributed by atoms with van der Waals surface area (Å²) in [6.07, 6.45) is 0.798. The van der Waals surface area contributed by atoms with Crippen molar-refractivity contribution in [2.75, 3.05) is 0 Å². The zero-order valence-electron chi connectivity index (χ0n) is 16.9. The van der Waals surface area contributed by atoms with Crippen LogP contribution in [0, 0.1) is 0 Å². The fourth-order valence-corrected chi connectivity index (χ4v) is 5.27. The molecule has 0 atom stereocenters. The molecular formula is C23H20ClN5S2. The molecule has 0 radical (unpaired) electrons. The number of aromatic nitrogens is 5. The van der Waals surface area contributed by atoms with Crippen LogP contribution in [0.1, 0.15) is 22.1 Å². The molecule has 0 aliphatic carbocycles. The molecule has 8 heteroatoms. The number of imidazole rings is 1. The fourth-order valence-electron chi connectivity index (χ4n) is 3.53. The lowest BCUT2D eigenvalue weighted by Crippen LogP contribution is -2.05. The van der Waals surface area contributed by atoms with Crippen LogP contribution in [0.25, 0.3) is 11.0 Å². The molecule has 0 aliphatic rings. The summed E-state index contributed by atoms with van der Waals surface area (Å²) in [5.41, 5.74) is 3.23. The Morgan fingerprint density at radius 2 is 1.87 bits per heavy atom. The van der Waals surface area contributed by atoms with E-state index in [-0.39, 0.29) is 0 Å². The third-order valence-electron chi connectivity index (χ3n) is 5.14. The highest BCUT2D eigenvalue weighted by Gasteiger charge is 2.15. The van der Waals surface area contributed by atoms with Gasteiger partial charge in [-0.25, -0.2) is 4.98 Å². The Morgan fingerprint density at radius 3 is 2.68 bits per heavy atom. The third kappa shape index (κ3) is 4.39. The Labute approximate surface area is 193 Å². The van der Waals surface area contributed by atoms with Gasteiger partial charge >= 0.3 is 0 Å². The van der Waals surface area contributed by atoms with E-state index in [9.17, 15) is 0 Å². The molecule has 3 heterocycles. The van der Waals surface area contributed by atoms with Crippen LogP contribution in [-0.4, -0.2) is 24.3 Å². The molecular weight excluding hydrogens is 446 g/mol. The van der Waals surface area contributed by atoms with Gasteiger partial charge in [-0.3, -0.25) is 0 Å². The van der Waals surface area contributed by atoms with Crippen molar-refractivity contribution >= 4 is 45.7 Å². The summed E-state index contributed by atoms with van der Waals surface area (Å²) in [5.74, 6) is 2.66. The highest BCUT2D eigenvalue weighted by Crippen LogP contribution is 2.27. The first kappa shape index (κ1) is 20.3. The number of thioether (sulfide) groups is 1. The SMILES string of the molecule is Cn1c(Cc2cccs2)nnc1SCc1nc2cc(Cl)ccc2n1Cc1ccccc1. The smallest absolute Gasteiger partial charge is 0.191 e. The maximum Gasteiger partial charge on any atom is 0.191 e. The molecule has 0 saturated carbocycles. The van der Waals surface area contributed by atoms with Crippen LogP contribution in [0.4, 0.5) is 0 Å². The lowest BCUT2D eigenvalue weighted by molar-refractivity contribution is 0.746. The number of fused-ring (bicyclic) bond motifs is 1. The van der Waals surface area contributed by atoms with Crippen molar-refractivity contribution in [2.24, 2.45) is 7.05 Å². The molecule has 0 unspecified atom stereocenters. The zero-order chi connectivity index (χ0) is 21.2. The summed E-state index contributed by atoms with van der Waals surface area (Å²) < 4.78 is 4.34. The van der Waals surface area contributed by atoms with Gasteiger partial charge in [-0.15, -0.1) is 21.5 Å². The minimum absolute atomic E-state index is 0.697. The van der Waals surface area contributed by atoms with E-state index < -0.39 is 0 Å². The Hall–Kier alpha value is -2.61. The highest BCUT2D eigenvalue weighted by atomic mass is 35.5. The molecule has 0 bridgehead atoms. The minimum atomic E-state index is 0.697. The van der Waals surface area contributed by atoms with Gasteiger partial charge in [0.05, 0.1) is 16.8 Å². The molecule has 5 nitrogen and oxygen atoms in total. The van der Waals surface area contributed by atoms with Gasteiger partial charge in [0.15, 0.2) is 5.16 Å². The van der Waals surface area contributed by atoms with Crippen LogP contribution in [0.3, 0.4) is 0 Å². The van der Waals surface area contributed by atoms with Gasteiger partial charge in [-0.2, -0.15) is 0 Å². The number of hydrogen-bond donors (Lipinski definition) is 0. The van der Waals surface area contributed by atoms with Crippen molar-refractivity contribution in [1.82, 2.24) is 24.3 Å². The second-order valence-corrected chi connectivity index (χ2v) is 9.65. The Kier molecular flexibility index (Phi) is 5.80. The Bertz CT molecular complexity index is 1310. The van der Waals surface area contributed by atoms with E-state index in [1.165, 1.54) is 10.4 Å². The molecule has 5 rings (SSSR count). The van der Waals surface area contributed by atoms with Crippen LogP contribution in [0.2, 0.25) is 5.02 Å².